The van der Waals surface area contributed by atoms with Gasteiger partial charge in [-0.25, -0.2) is 15.0 Å². The zero-order chi connectivity index (χ0) is 37.5. The summed E-state index contributed by atoms with van der Waals surface area (Å²) in [6.07, 6.45) is 0. The van der Waals surface area contributed by atoms with Crippen LogP contribution in [-0.4, -0.2) is 15.0 Å². The van der Waals surface area contributed by atoms with Crippen LogP contribution in [0.4, 0.5) is 0 Å². The van der Waals surface area contributed by atoms with Gasteiger partial charge in [-0.1, -0.05) is 146 Å². The molecular formula is C52H31N3OS. The van der Waals surface area contributed by atoms with E-state index in [1.54, 1.807) is 0 Å². The van der Waals surface area contributed by atoms with Gasteiger partial charge in [0.2, 0.25) is 0 Å². The molecule has 12 rings (SSSR count). The third kappa shape index (κ3) is 4.82. The number of aromatic nitrogens is 3. The van der Waals surface area contributed by atoms with E-state index in [0.717, 1.165) is 50.4 Å². The minimum absolute atomic E-state index is 0.593. The van der Waals surface area contributed by atoms with E-state index in [9.17, 15) is 0 Å². The number of benzene rings is 8. The van der Waals surface area contributed by atoms with Gasteiger partial charge in [0, 0.05) is 48.0 Å². The number of para-hydroxylation sites is 1. The SMILES string of the molecule is c1ccc(-c2nc(-c3ccccc3)nc(-c3cccc(-c4ccc5c(c4)C4(c6ccccc6O5)c5ccccc5-c5cc6sc7ccccc7c6cc54)c3)n2)cc1. The lowest BCUT2D eigenvalue weighted by molar-refractivity contribution is 0.436. The minimum atomic E-state index is -0.593. The Morgan fingerprint density at radius 3 is 1.74 bits per heavy atom. The molecule has 0 radical (unpaired) electrons. The molecule has 8 aromatic carbocycles. The summed E-state index contributed by atoms with van der Waals surface area (Å²) < 4.78 is 9.41. The Morgan fingerprint density at radius 2 is 0.947 bits per heavy atom. The fourth-order valence-corrected chi connectivity index (χ4v) is 10.2. The van der Waals surface area contributed by atoms with Gasteiger partial charge in [0.25, 0.3) is 0 Å². The van der Waals surface area contributed by atoms with E-state index in [4.69, 9.17) is 19.7 Å². The van der Waals surface area contributed by atoms with Crippen molar-refractivity contribution in [2.24, 2.45) is 0 Å². The van der Waals surface area contributed by atoms with Crippen molar-refractivity contribution in [1.82, 2.24) is 15.0 Å². The summed E-state index contributed by atoms with van der Waals surface area (Å²) in [5.74, 6) is 3.66. The molecule has 3 heterocycles. The summed E-state index contributed by atoms with van der Waals surface area (Å²) in [7, 11) is 0. The van der Waals surface area contributed by atoms with E-state index >= 15 is 0 Å². The van der Waals surface area contributed by atoms with Crippen molar-refractivity contribution in [3.05, 3.63) is 210 Å². The molecule has 0 saturated heterocycles. The van der Waals surface area contributed by atoms with Crippen LogP contribution in [0.15, 0.2) is 188 Å². The molecule has 1 aliphatic carbocycles. The van der Waals surface area contributed by atoms with Crippen LogP contribution in [0.3, 0.4) is 0 Å². The van der Waals surface area contributed by atoms with Gasteiger partial charge < -0.3 is 4.74 Å². The lowest BCUT2D eigenvalue weighted by atomic mass is 9.65. The Balaban J connectivity index is 1.07. The van der Waals surface area contributed by atoms with Crippen molar-refractivity contribution in [3.8, 4) is 67.9 Å². The third-order valence-corrected chi connectivity index (χ3v) is 12.7. The molecule has 57 heavy (non-hydrogen) atoms. The molecule has 2 aliphatic rings. The van der Waals surface area contributed by atoms with Crippen molar-refractivity contribution >= 4 is 31.5 Å². The molecule has 0 fully saturated rings. The number of nitrogens with zero attached hydrogens (tertiary/aromatic N) is 3. The van der Waals surface area contributed by atoms with Crippen molar-refractivity contribution in [1.29, 1.82) is 0 Å². The first-order valence-electron chi connectivity index (χ1n) is 19.2. The number of hydrogen-bond acceptors (Lipinski definition) is 5. The van der Waals surface area contributed by atoms with Gasteiger partial charge in [-0.2, -0.15) is 0 Å². The first kappa shape index (κ1) is 32.1. The second-order valence-electron chi connectivity index (χ2n) is 14.7. The molecule has 5 heteroatoms. The van der Waals surface area contributed by atoms with Crippen molar-refractivity contribution < 1.29 is 4.74 Å². The van der Waals surface area contributed by atoms with Gasteiger partial charge in [0.05, 0.1) is 5.41 Å². The highest BCUT2D eigenvalue weighted by atomic mass is 32.1. The number of thiophene rings is 1. The highest BCUT2D eigenvalue weighted by Gasteiger charge is 2.51. The van der Waals surface area contributed by atoms with Gasteiger partial charge >= 0.3 is 0 Å². The van der Waals surface area contributed by atoms with E-state index < -0.39 is 5.41 Å². The summed E-state index contributed by atoms with van der Waals surface area (Å²) in [6.45, 7) is 0. The number of fused-ring (bicyclic) bond motifs is 12. The Bertz CT molecular complexity index is 3170. The fraction of sp³-hybridized carbons (Fsp3) is 0.0192. The summed E-state index contributed by atoms with van der Waals surface area (Å²) in [5.41, 5.74) is 11.8. The van der Waals surface area contributed by atoms with Gasteiger partial charge in [0.1, 0.15) is 11.5 Å². The molecular weight excluding hydrogens is 715 g/mol. The number of rotatable bonds is 4. The van der Waals surface area contributed by atoms with E-state index in [0.29, 0.717) is 17.5 Å². The average molecular weight is 746 g/mol. The quantitative estimate of drug-likeness (QED) is 0.180. The minimum Gasteiger partial charge on any atom is -0.457 e. The van der Waals surface area contributed by atoms with Crippen LogP contribution in [0, 0.1) is 0 Å². The van der Waals surface area contributed by atoms with Gasteiger partial charge in [-0.15, -0.1) is 11.3 Å². The molecule has 0 bridgehead atoms. The molecule has 2 aromatic heterocycles. The average Bonchev–Trinajstić information content (AvgIpc) is 3.79. The number of ether oxygens (including phenoxy) is 1. The maximum absolute atomic E-state index is 6.81. The Kier molecular flexibility index (Phi) is 6.98. The Labute approximate surface area is 333 Å². The molecule has 10 aromatic rings. The number of hydrogen-bond donors (Lipinski definition) is 0. The van der Waals surface area contributed by atoms with Crippen LogP contribution in [0.25, 0.3) is 76.6 Å². The lowest BCUT2D eigenvalue weighted by Crippen LogP contribution is -2.32. The zero-order valence-corrected chi connectivity index (χ0v) is 31.4. The van der Waals surface area contributed by atoms with Crippen molar-refractivity contribution in [2.75, 3.05) is 0 Å². The summed E-state index contributed by atoms with van der Waals surface area (Å²) in [4.78, 5) is 15.0. The predicted molar refractivity (Wildman–Crippen MR) is 232 cm³/mol. The first-order chi connectivity index (χ1) is 28.2. The summed E-state index contributed by atoms with van der Waals surface area (Å²) >= 11 is 1.87. The summed E-state index contributed by atoms with van der Waals surface area (Å²) in [5, 5.41) is 2.58. The second kappa shape index (κ2) is 12.4. The topological polar surface area (TPSA) is 47.9 Å². The Morgan fingerprint density at radius 1 is 0.351 bits per heavy atom. The van der Waals surface area contributed by atoms with Crippen LogP contribution in [0.2, 0.25) is 0 Å². The highest BCUT2D eigenvalue weighted by Crippen LogP contribution is 2.63. The fourth-order valence-electron chi connectivity index (χ4n) is 9.07. The molecule has 0 saturated carbocycles. The molecule has 1 spiro atoms. The molecule has 1 atom stereocenters. The molecule has 0 amide bonds. The molecule has 266 valence electrons. The Hall–Kier alpha value is -7.21. The van der Waals surface area contributed by atoms with E-state index in [1.807, 2.05) is 72.0 Å². The standard InChI is InChI=1S/C52H31N3OS/c1-3-14-32(15-4-1)49-53-50(33-16-5-2-6-17-33)55-51(54-49)36-19-13-18-34(28-36)35-26-27-46-44(29-35)52(42-23-10-11-24-45(42)56-46)41-22-9-7-20-37(41)39-31-48-40(30-43(39)52)38-21-8-12-25-47(38)57-48/h1-31H. The van der Waals surface area contributed by atoms with Crippen LogP contribution in [-0.2, 0) is 5.41 Å². The first-order valence-corrected chi connectivity index (χ1v) is 20.0. The smallest absolute Gasteiger partial charge is 0.164 e. The highest BCUT2D eigenvalue weighted by molar-refractivity contribution is 7.25. The molecule has 1 aliphatic heterocycles. The third-order valence-electron chi connectivity index (χ3n) is 11.6. The normalized spacial score (nSPS) is 14.9. The molecule has 0 N–H and O–H groups in total. The van der Waals surface area contributed by atoms with Crippen molar-refractivity contribution in [3.63, 3.8) is 0 Å². The largest absolute Gasteiger partial charge is 0.457 e. The van der Waals surface area contributed by atoms with Gasteiger partial charge in [-0.05, 0) is 75.8 Å². The van der Waals surface area contributed by atoms with E-state index in [2.05, 4.69) is 127 Å². The van der Waals surface area contributed by atoms with E-state index in [-0.39, 0.29) is 0 Å². The van der Waals surface area contributed by atoms with Crippen LogP contribution in [0.1, 0.15) is 22.3 Å². The second-order valence-corrected chi connectivity index (χ2v) is 15.8. The molecule has 4 nitrogen and oxygen atoms in total. The van der Waals surface area contributed by atoms with Crippen LogP contribution < -0.4 is 4.74 Å². The monoisotopic (exact) mass is 745 g/mol. The predicted octanol–water partition coefficient (Wildman–Crippen LogP) is 13.4. The van der Waals surface area contributed by atoms with Crippen LogP contribution in [0.5, 0.6) is 11.5 Å². The van der Waals surface area contributed by atoms with E-state index in [1.165, 1.54) is 42.4 Å². The maximum atomic E-state index is 6.81. The van der Waals surface area contributed by atoms with Crippen LogP contribution >= 0.6 is 11.3 Å². The zero-order valence-electron chi connectivity index (χ0n) is 30.6. The van der Waals surface area contributed by atoms with Gasteiger partial charge in [0.15, 0.2) is 17.5 Å². The summed E-state index contributed by atoms with van der Waals surface area (Å²) in [6, 6.07) is 66.6. The maximum Gasteiger partial charge on any atom is 0.164 e. The lowest BCUT2D eigenvalue weighted by Gasteiger charge is -2.39. The van der Waals surface area contributed by atoms with Crippen molar-refractivity contribution in [2.45, 2.75) is 5.41 Å². The molecule has 1 unspecified atom stereocenters. The van der Waals surface area contributed by atoms with Gasteiger partial charge in [-0.3, -0.25) is 0 Å².